The van der Waals surface area contributed by atoms with E-state index >= 15 is 0 Å². The van der Waals surface area contributed by atoms with Crippen molar-refractivity contribution < 1.29 is 14.3 Å². The van der Waals surface area contributed by atoms with Crippen LogP contribution in [-0.2, 0) is 0 Å². The molecular formula is C15H12BrClFIN4O2. The van der Waals surface area contributed by atoms with Gasteiger partial charge in [-0.1, -0.05) is 0 Å². The van der Waals surface area contributed by atoms with Crippen molar-refractivity contribution >= 4 is 72.9 Å². The Labute approximate surface area is 169 Å². The fourth-order valence-corrected chi connectivity index (χ4v) is 4.77. The fraction of sp³-hybridized carbons (Fsp3) is 0.400. The Balaban J connectivity index is 1.82. The second-order valence-corrected chi connectivity index (χ2v) is 8.47. The number of nitrogens with zero attached hydrogens (tertiary/aromatic N) is 4. The highest BCUT2D eigenvalue weighted by atomic mass is 127. The molecule has 2 atom stereocenters. The SMILES string of the molecule is O=C(O)N1C2CCC1CN(c1nc(Cl)nc3c(F)c(Br)c(I)cc13)C2. The summed E-state index contributed by atoms with van der Waals surface area (Å²) in [4.78, 5) is 23.4. The summed E-state index contributed by atoms with van der Waals surface area (Å²) in [5.41, 5.74) is 0.162. The average Bonchev–Trinajstić information content (AvgIpc) is 2.84. The van der Waals surface area contributed by atoms with Gasteiger partial charge in [-0.25, -0.2) is 14.2 Å². The lowest BCUT2D eigenvalue weighted by Crippen LogP contribution is -2.55. The van der Waals surface area contributed by atoms with Crippen molar-refractivity contribution in [1.82, 2.24) is 14.9 Å². The van der Waals surface area contributed by atoms with Gasteiger partial charge in [0.25, 0.3) is 0 Å². The summed E-state index contributed by atoms with van der Waals surface area (Å²) in [6, 6.07) is 1.65. The van der Waals surface area contributed by atoms with Crippen molar-refractivity contribution in [1.29, 1.82) is 0 Å². The lowest BCUT2D eigenvalue weighted by molar-refractivity contribution is 0.114. The molecule has 10 heteroatoms. The molecule has 6 nitrogen and oxygen atoms in total. The van der Waals surface area contributed by atoms with E-state index in [1.54, 1.807) is 0 Å². The van der Waals surface area contributed by atoms with Gasteiger partial charge in [-0.15, -0.1) is 0 Å². The molecule has 2 saturated heterocycles. The second kappa shape index (κ2) is 6.34. The second-order valence-electron chi connectivity index (χ2n) is 6.18. The van der Waals surface area contributed by atoms with E-state index in [9.17, 15) is 14.3 Å². The monoisotopic (exact) mass is 540 g/mol. The molecule has 2 aromatic rings. The number of aromatic nitrogens is 2. The van der Waals surface area contributed by atoms with Gasteiger partial charge in [0.2, 0.25) is 5.28 Å². The number of carbonyl (C=O) groups is 1. The molecule has 2 unspecified atom stereocenters. The summed E-state index contributed by atoms with van der Waals surface area (Å²) in [7, 11) is 0. The number of amides is 1. The standard InChI is InChI=1S/C15H12BrClFIN4O2/c16-10-9(19)3-8-12(11(10)18)20-14(17)21-13(8)22-4-6-1-2-7(5-22)23(6)15(24)25/h3,6-7H,1-2,4-5H2,(H,24,25). The number of hydrogen-bond acceptors (Lipinski definition) is 4. The molecule has 0 spiro atoms. The molecule has 1 aromatic heterocycles. The van der Waals surface area contributed by atoms with E-state index in [4.69, 9.17) is 11.6 Å². The van der Waals surface area contributed by atoms with Gasteiger partial charge in [0.15, 0.2) is 5.82 Å². The van der Waals surface area contributed by atoms with Crippen LogP contribution < -0.4 is 4.90 Å². The van der Waals surface area contributed by atoms with Gasteiger partial charge in [0, 0.05) is 22.0 Å². The van der Waals surface area contributed by atoms with Gasteiger partial charge in [-0.05, 0) is 69.0 Å². The quantitative estimate of drug-likeness (QED) is 0.334. The number of hydrogen-bond donors (Lipinski definition) is 1. The number of anilines is 1. The van der Waals surface area contributed by atoms with E-state index in [1.165, 1.54) is 4.90 Å². The highest BCUT2D eigenvalue weighted by Gasteiger charge is 2.43. The molecule has 132 valence electrons. The molecule has 1 N–H and O–H groups in total. The smallest absolute Gasteiger partial charge is 0.407 e. The lowest BCUT2D eigenvalue weighted by atomic mass is 10.1. The summed E-state index contributed by atoms with van der Waals surface area (Å²) in [5.74, 6) is 0.0841. The van der Waals surface area contributed by atoms with E-state index < -0.39 is 11.9 Å². The van der Waals surface area contributed by atoms with E-state index in [1.807, 2.05) is 33.6 Å². The molecule has 25 heavy (non-hydrogen) atoms. The molecule has 0 radical (unpaired) electrons. The van der Waals surface area contributed by atoms with Crippen LogP contribution in [0.25, 0.3) is 10.9 Å². The highest BCUT2D eigenvalue weighted by Crippen LogP contribution is 2.37. The summed E-state index contributed by atoms with van der Waals surface area (Å²) in [5, 5.41) is 9.96. The lowest BCUT2D eigenvalue weighted by Gasteiger charge is -2.40. The zero-order valence-electron chi connectivity index (χ0n) is 12.7. The van der Waals surface area contributed by atoms with Crippen LogP contribution in [0.3, 0.4) is 0 Å². The zero-order chi connectivity index (χ0) is 17.9. The van der Waals surface area contributed by atoms with Crippen LogP contribution in [0, 0.1) is 9.39 Å². The number of benzene rings is 1. The average molecular weight is 542 g/mol. The van der Waals surface area contributed by atoms with Crippen LogP contribution in [0.4, 0.5) is 15.0 Å². The van der Waals surface area contributed by atoms with E-state index in [2.05, 4.69) is 25.9 Å². The largest absolute Gasteiger partial charge is 0.465 e. The van der Waals surface area contributed by atoms with Gasteiger partial charge < -0.3 is 10.0 Å². The Morgan fingerprint density at radius 2 is 2.00 bits per heavy atom. The van der Waals surface area contributed by atoms with Crippen molar-refractivity contribution in [3.63, 3.8) is 0 Å². The minimum absolute atomic E-state index is 0.0254. The van der Waals surface area contributed by atoms with Crippen LogP contribution >= 0.6 is 50.1 Å². The van der Waals surface area contributed by atoms with Gasteiger partial charge in [0.1, 0.15) is 11.3 Å². The third kappa shape index (κ3) is 2.84. The van der Waals surface area contributed by atoms with E-state index in [0.717, 1.165) is 12.8 Å². The Kier molecular flexibility index (Phi) is 4.43. The van der Waals surface area contributed by atoms with Crippen molar-refractivity contribution in [3.8, 4) is 0 Å². The molecule has 0 aliphatic carbocycles. The van der Waals surface area contributed by atoms with Crippen molar-refractivity contribution in [2.75, 3.05) is 18.0 Å². The first kappa shape index (κ1) is 17.5. The van der Waals surface area contributed by atoms with Gasteiger partial charge in [-0.3, -0.25) is 4.90 Å². The predicted octanol–water partition coefficient (Wildman–Crippen LogP) is 4.12. The number of fused-ring (bicyclic) bond motifs is 3. The molecular weight excluding hydrogens is 529 g/mol. The molecule has 1 amide bonds. The molecule has 2 aliphatic rings. The molecule has 4 rings (SSSR count). The zero-order valence-corrected chi connectivity index (χ0v) is 17.2. The number of halogens is 4. The Morgan fingerprint density at radius 3 is 2.60 bits per heavy atom. The normalized spacial score (nSPS) is 22.7. The van der Waals surface area contributed by atoms with Gasteiger partial charge in [0.05, 0.1) is 16.6 Å². The van der Waals surface area contributed by atoms with Crippen LogP contribution in [-0.4, -0.2) is 51.2 Å². The first-order valence-electron chi connectivity index (χ1n) is 7.63. The minimum atomic E-state index is -0.887. The maximum absolute atomic E-state index is 14.6. The van der Waals surface area contributed by atoms with Crippen LogP contribution in [0.1, 0.15) is 12.8 Å². The molecule has 2 bridgehead atoms. The third-order valence-electron chi connectivity index (χ3n) is 4.78. The van der Waals surface area contributed by atoms with Crippen molar-refractivity contribution in [3.05, 3.63) is 25.2 Å². The van der Waals surface area contributed by atoms with Crippen LogP contribution in [0.15, 0.2) is 10.5 Å². The van der Waals surface area contributed by atoms with E-state index in [0.29, 0.717) is 32.3 Å². The van der Waals surface area contributed by atoms with Gasteiger partial charge in [-0.2, -0.15) is 4.98 Å². The number of carboxylic acid groups (broad SMARTS) is 1. The fourth-order valence-electron chi connectivity index (χ4n) is 3.76. The summed E-state index contributed by atoms with van der Waals surface area (Å²) in [6.45, 7) is 1.03. The molecule has 2 fully saturated rings. The van der Waals surface area contributed by atoms with Gasteiger partial charge >= 0.3 is 6.09 Å². The first-order chi connectivity index (χ1) is 11.9. The summed E-state index contributed by atoms with van der Waals surface area (Å²) < 4.78 is 15.7. The third-order valence-corrected chi connectivity index (χ3v) is 7.32. The minimum Gasteiger partial charge on any atom is -0.465 e. The maximum atomic E-state index is 14.6. The molecule has 1 aromatic carbocycles. The van der Waals surface area contributed by atoms with Crippen molar-refractivity contribution in [2.24, 2.45) is 0 Å². The Bertz CT molecular complexity index is 888. The number of rotatable bonds is 1. The molecule has 0 saturated carbocycles. The van der Waals surface area contributed by atoms with Crippen molar-refractivity contribution in [2.45, 2.75) is 24.9 Å². The maximum Gasteiger partial charge on any atom is 0.407 e. The predicted molar refractivity (Wildman–Crippen MR) is 104 cm³/mol. The van der Waals surface area contributed by atoms with E-state index in [-0.39, 0.29) is 22.9 Å². The number of piperazine rings is 1. The molecule has 3 heterocycles. The topological polar surface area (TPSA) is 69.6 Å². The Morgan fingerprint density at radius 1 is 1.36 bits per heavy atom. The van der Waals surface area contributed by atoms with Crippen LogP contribution in [0.2, 0.25) is 5.28 Å². The summed E-state index contributed by atoms with van der Waals surface area (Å²) in [6.07, 6.45) is 0.755. The Hall–Kier alpha value is -0.940. The first-order valence-corrected chi connectivity index (χ1v) is 9.88. The van der Waals surface area contributed by atoms with Crippen LogP contribution in [0.5, 0.6) is 0 Å². The summed E-state index contributed by atoms with van der Waals surface area (Å²) >= 11 is 11.3. The molecule has 2 aliphatic heterocycles. The highest BCUT2D eigenvalue weighted by molar-refractivity contribution is 14.1.